The molecule has 2 aliphatic rings. The predicted octanol–water partition coefficient (Wildman–Crippen LogP) is 4.97. The maximum atomic E-state index is 11.6. The molecule has 1 unspecified atom stereocenters. The van der Waals surface area contributed by atoms with Crippen LogP contribution in [-0.2, 0) is 24.4 Å². The number of carbonyl (C=O) groups is 1. The van der Waals surface area contributed by atoms with E-state index in [2.05, 4.69) is 44.7 Å². The van der Waals surface area contributed by atoms with Crippen molar-refractivity contribution in [2.75, 3.05) is 37.7 Å². The molecule has 1 atom stereocenters. The van der Waals surface area contributed by atoms with E-state index in [4.69, 9.17) is 19.4 Å². The van der Waals surface area contributed by atoms with Crippen molar-refractivity contribution in [1.82, 2.24) is 19.4 Å². The van der Waals surface area contributed by atoms with Gasteiger partial charge in [-0.1, -0.05) is 48.5 Å². The first kappa shape index (κ1) is 26.4. The molecule has 9 nitrogen and oxygen atoms in total. The van der Waals surface area contributed by atoms with Crippen molar-refractivity contribution in [2.45, 2.75) is 32.2 Å². The van der Waals surface area contributed by atoms with Crippen molar-refractivity contribution in [1.29, 1.82) is 0 Å². The number of aromatic nitrogens is 3. The first-order chi connectivity index (χ1) is 20.6. The lowest BCUT2D eigenvalue weighted by Crippen LogP contribution is -2.46. The van der Waals surface area contributed by atoms with Crippen LogP contribution in [0.2, 0.25) is 0 Å². The highest BCUT2D eigenvalue weighted by atomic mass is 16.5. The van der Waals surface area contributed by atoms with Gasteiger partial charge in [0.05, 0.1) is 35.8 Å². The molecule has 2 aromatic heterocycles. The van der Waals surface area contributed by atoms with Crippen LogP contribution in [0.3, 0.4) is 0 Å². The lowest BCUT2D eigenvalue weighted by atomic mass is 10.1. The number of imidazole rings is 1. The second-order valence-corrected chi connectivity index (χ2v) is 11.0. The summed E-state index contributed by atoms with van der Waals surface area (Å²) in [7, 11) is 0. The van der Waals surface area contributed by atoms with Gasteiger partial charge < -0.3 is 24.0 Å². The number of fused-ring (bicyclic) bond motifs is 2. The number of nitrogens with zero attached hydrogens (tertiary/aromatic N) is 5. The molecule has 7 rings (SSSR count). The van der Waals surface area contributed by atoms with Crippen molar-refractivity contribution in [3.8, 4) is 5.88 Å². The molecule has 0 spiro atoms. The minimum Gasteiger partial charge on any atom is -0.478 e. The van der Waals surface area contributed by atoms with E-state index in [0.29, 0.717) is 25.6 Å². The van der Waals surface area contributed by atoms with Gasteiger partial charge in [-0.25, -0.2) is 9.78 Å². The smallest absolute Gasteiger partial charge is 0.335 e. The third-order valence-corrected chi connectivity index (χ3v) is 8.23. The van der Waals surface area contributed by atoms with Gasteiger partial charge in [-0.05, 0) is 47.7 Å². The van der Waals surface area contributed by atoms with Crippen LogP contribution in [0.1, 0.15) is 28.2 Å². The Bertz CT molecular complexity index is 1730. The molecular weight excluding hydrogens is 530 g/mol. The van der Waals surface area contributed by atoms with Gasteiger partial charge in [0.1, 0.15) is 18.2 Å². The van der Waals surface area contributed by atoms with Crippen LogP contribution in [-0.4, -0.2) is 69.4 Å². The normalized spacial score (nSPS) is 17.4. The number of aromatic carboxylic acids is 1. The second-order valence-electron chi connectivity index (χ2n) is 11.0. The summed E-state index contributed by atoms with van der Waals surface area (Å²) in [4.78, 5) is 26.2. The number of rotatable bonds is 9. The molecule has 1 N–H and O–H groups in total. The summed E-state index contributed by atoms with van der Waals surface area (Å²) in [5, 5.41) is 11.7. The lowest BCUT2D eigenvalue weighted by Gasteiger charge is -2.35. The molecule has 9 heteroatoms. The Morgan fingerprint density at radius 1 is 0.952 bits per heavy atom. The van der Waals surface area contributed by atoms with Crippen molar-refractivity contribution in [3.63, 3.8) is 0 Å². The maximum Gasteiger partial charge on any atom is 0.335 e. The summed E-state index contributed by atoms with van der Waals surface area (Å²) in [6, 6.07) is 25.7. The molecule has 4 heterocycles. The van der Waals surface area contributed by atoms with E-state index in [9.17, 15) is 9.90 Å². The van der Waals surface area contributed by atoms with Crippen LogP contribution in [0, 0.1) is 0 Å². The van der Waals surface area contributed by atoms with Gasteiger partial charge in [-0.15, -0.1) is 0 Å². The Hall–Kier alpha value is -4.47. The molecule has 5 aromatic rings. The fourth-order valence-electron chi connectivity index (χ4n) is 5.75. The molecule has 3 aromatic carbocycles. The Labute approximate surface area is 243 Å². The average Bonchev–Trinajstić information content (AvgIpc) is 3.34. The quantitative estimate of drug-likeness (QED) is 0.269. The van der Waals surface area contributed by atoms with Crippen molar-refractivity contribution >= 4 is 33.6 Å². The molecule has 2 aliphatic heterocycles. The van der Waals surface area contributed by atoms with Crippen molar-refractivity contribution in [2.24, 2.45) is 0 Å². The number of benzene rings is 3. The number of piperazine rings is 1. The topological polar surface area (TPSA) is 93.0 Å². The predicted molar refractivity (Wildman–Crippen MR) is 161 cm³/mol. The molecule has 0 amide bonds. The maximum absolute atomic E-state index is 11.6. The molecule has 42 heavy (non-hydrogen) atoms. The zero-order chi connectivity index (χ0) is 28.5. The molecule has 0 aliphatic carbocycles. The van der Waals surface area contributed by atoms with Gasteiger partial charge in [0, 0.05) is 38.2 Å². The number of pyridine rings is 1. The number of anilines is 1. The molecule has 0 radical (unpaired) electrons. The van der Waals surface area contributed by atoms with Gasteiger partial charge in [-0.3, -0.25) is 4.90 Å². The van der Waals surface area contributed by atoms with E-state index in [-0.39, 0.29) is 11.7 Å². The van der Waals surface area contributed by atoms with Crippen molar-refractivity contribution < 1.29 is 19.4 Å². The highest BCUT2D eigenvalue weighted by molar-refractivity contribution is 5.92. The minimum absolute atomic E-state index is 0.142. The van der Waals surface area contributed by atoms with Gasteiger partial charge in [0.25, 0.3) is 0 Å². The highest BCUT2D eigenvalue weighted by Gasteiger charge is 2.25. The zero-order valence-electron chi connectivity index (χ0n) is 23.4. The van der Waals surface area contributed by atoms with Gasteiger partial charge in [0.15, 0.2) is 0 Å². The number of hydrogen-bond acceptors (Lipinski definition) is 7. The summed E-state index contributed by atoms with van der Waals surface area (Å²) in [5.41, 5.74) is 3.05. The third kappa shape index (κ3) is 5.41. The largest absolute Gasteiger partial charge is 0.478 e. The van der Waals surface area contributed by atoms with Gasteiger partial charge >= 0.3 is 5.97 Å². The van der Waals surface area contributed by atoms with Crippen molar-refractivity contribution in [3.05, 3.63) is 95.8 Å². The number of hydrogen-bond donors (Lipinski definition) is 1. The van der Waals surface area contributed by atoms with Crippen LogP contribution in [0.25, 0.3) is 21.8 Å². The second kappa shape index (κ2) is 11.4. The number of carboxylic acid groups (broad SMARTS) is 1. The van der Waals surface area contributed by atoms with E-state index in [1.807, 2.05) is 30.3 Å². The Morgan fingerprint density at radius 3 is 2.50 bits per heavy atom. The van der Waals surface area contributed by atoms with E-state index in [1.54, 1.807) is 18.2 Å². The Balaban J connectivity index is 1.08. The summed E-state index contributed by atoms with van der Waals surface area (Å²) < 4.78 is 14.1. The van der Waals surface area contributed by atoms with E-state index in [0.717, 1.165) is 78.2 Å². The summed E-state index contributed by atoms with van der Waals surface area (Å²) in [6.07, 6.45) is 1.15. The fourth-order valence-corrected chi connectivity index (χ4v) is 5.75. The molecule has 214 valence electrons. The number of ether oxygens (including phenoxy) is 2. The van der Waals surface area contributed by atoms with Gasteiger partial charge in [0.2, 0.25) is 5.88 Å². The summed E-state index contributed by atoms with van der Waals surface area (Å²) >= 11 is 0. The van der Waals surface area contributed by atoms with E-state index in [1.165, 1.54) is 0 Å². The Morgan fingerprint density at radius 2 is 1.74 bits per heavy atom. The molecule has 2 saturated heterocycles. The van der Waals surface area contributed by atoms with E-state index >= 15 is 0 Å². The first-order valence-electron chi connectivity index (χ1n) is 14.5. The van der Waals surface area contributed by atoms with Crippen LogP contribution >= 0.6 is 0 Å². The molecule has 2 fully saturated rings. The Kier molecular flexibility index (Phi) is 7.19. The van der Waals surface area contributed by atoms with E-state index < -0.39 is 5.97 Å². The summed E-state index contributed by atoms with van der Waals surface area (Å²) in [5.74, 6) is 1.59. The van der Waals surface area contributed by atoms with Gasteiger partial charge in [-0.2, -0.15) is 4.98 Å². The molecule has 0 bridgehead atoms. The average molecular weight is 564 g/mol. The standard InChI is InChI=1S/C33H33N5O4/c39-33(40)25-10-11-28-29(18-25)38(20-26-12-17-41-26)31(34-28)21-36-13-15-37(16-14-36)30-19-24-8-4-5-9-27(24)32(35-30)42-22-23-6-2-1-3-7-23/h1-11,18-19,26H,12-17,20-22H2,(H,39,40). The monoisotopic (exact) mass is 563 g/mol. The highest BCUT2D eigenvalue weighted by Crippen LogP contribution is 2.30. The third-order valence-electron chi connectivity index (χ3n) is 8.23. The van der Waals surface area contributed by atoms with Crippen LogP contribution in [0.15, 0.2) is 78.9 Å². The van der Waals surface area contributed by atoms with Crippen LogP contribution in [0.4, 0.5) is 5.82 Å². The van der Waals surface area contributed by atoms with Crippen LogP contribution in [0.5, 0.6) is 5.88 Å². The SMILES string of the molecule is O=C(O)c1ccc2nc(CN3CCN(c4cc5ccccc5c(OCc5ccccc5)n4)CC3)n(CC3CCO3)c2c1. The zero-order valence-corrected chi connectivity index (χ0v) is 23.4. The number of carboxylic acids is 1. The summed E-state index contributed by atoms with van der Waals surface area (Å²) in [6.45, 7) is 6.00. The lowest BCUT2D eigenvalue weighted by molar-refractivity contribution is -0.0592. The molecule has 0 saturated carbocycles. The fraction of sp³-hybridized carbons (Fsp3) is 0.303. The van der Waals surface area contributed by atoms with Crippen LogP contribution < -0.4 is 9.64 Å². The first-order valence-corrected chi connectivity index (χ1v) is 14.5. The minimum atomic E-state index is -0.932. The molecular formula is C33H33N5O4.